The summed E-state index contributed by atoms with van der Waals surface area (Å²) in [6.45, 7) is 9.78. The molecule has 0 bridgehead atoms. The van der Waals surface area contributed by atoms with E-state index in [0.717, 1.165) is 12.8 Å². The summed E-state index contributed by atoms with van der Waals surface area (Å²) in [6.07, 6.45) is 7.64. The Labute approximate surface area is 436 Å². The Bertz CT molecular complexity index is 3620. The van der Waals surface area contributed by atoms with Crippen LogP contribution < -0.4 is 13.7 Å². The average molecular weight is 1110 g/mol. The molecule has 13 rings (SSSR count). The van der Waals surface area contributed by atoms with Gasteiger partial charge in [-0.3, -0.25) is 0 Å². The van der Waals surface area contributed by atoms with Gasteiger partial charge in [-0.1, -0.05) is 0 Å². The zero-order valence-corrected chi connectivity index (χ0v) is 46.8. The molecule has 0 radical (unpaired) electrons. The Balaban J connectivity index is 1.04. The van der Waals surface area contributed by atoms with E-state index in [0.29, 0.717) is 19.2 Å². The molecule has 2 aliphatic carbocycles. The molecule has 0 fully saturated rings. The van der Waals surface area contributed by atoms with Crippen molar-refractivity contribution in [3.8, 4) is 55.6 Å². The summed E-state index contributed by atoms with van der Waals surface area (Å²) in [6, 6.07) is 81.6. The molecular weight excluding hydrogens is 1050 g/mol. The van der Waals surface area contributed by atoms with Crippen LogP contribution in [-0.4, -0.2) is 9.52 Å². The minimum atomic E-state index is -3.35. The zero-order valence-electron chi connectivity index (χ0n) is 41.8. The van der Waals surface area contributed by atoms with E-state index < -0.39 is 31.0 Å². The quantitative estimate of drug-likeness (QED) is 0.113. The molecule has 2 heteroatoms. The molecule has 2 unspecified atom stereocenters. The number of hydrogen-bond acceptors (Lipinski definition) is 0. The summed E-state index contributed by atoms with van der Waals surface area (Å²) in [4.78, 5) is 0. The molecule has 0 nitrogen and oxygen atoms in total. The molecule has 72 heavy (non-hydrogen) atoms. The SMILES string of the molecule is CC(C)CC1=Cc2c(-c3ccccc3-c3cccc4ccccc34)cccc2[CH]1[Hf]([c]1cccc2c1[SiH2]c1ccccc1-2)[CH]1C(CC(C)C)=Cc2c(-c3ccccc3-c3cccc4ccccc34)cccc21. The number of rotatable bonds is 11. The fraction of sp³-hybridized carbons (Fsp3) is 0.143. The molecule has 0 saturated heterocycles. The van der Waals surface area contributed by atoms with Crippen LogP contribution in [0.5, 0.6) is 0 Å². The summed E-state index contributed by atoms with van der Waals surface area (Å²) < 4.78 is 2.59. The fourth-order valence-electron chi connectivity index (χ4n) is 13.2. The van der Waals surface area contributed by atoms with Crippen LogP contribution in [0, 0.1) is 11.8 Å². The van der Waals surface area contributed by atoms with Crippen molar-refractivity contribution < 1.29 is 21.4 Å². The Morgan fingerprint density at radius 2 is 0.736 bits per heavy atom. The monoisotopic (exact) mass is 1110 g/mol. The Kier molecular flexibility index (Phi) is 11.7. The van der Waals surface area contributed by atoms with Gasteiger partial charge in [0, 0.05) is 0 Å². The van der Waals surface area contributed by atoms with Crippen molar-refractivity contribution >= 4 is 56.9 Å². The molecule has 10 aromatic carbocycles. The van der Waals surface area contributed by atoms with Crippen LogP contribution in [-0.2, 0) is 21.4 Å². The van der Waals surface area contributed by atoms with Gasteiger partial charge in [0.2, 0.25) is 0 Å². The summed E-state index contributed by atoms with van der Waals surface area (Å²) in [5, 5.41) is 8.52. The maximum atomic E-state index is 2.72. The van der Waals surface area contributed by atoms with Crippen LogP contribution in [0.1, 0.15) is 70.1 Å². The second-order valence-corrected chi connectivity index (χ2v) is 32.6. The van der Waals surface area contributed by atoms with E-state index in [9.17, 15) is 0 Å². The van der Waals surface area contributed by atoms with E-state index in [2.05, 4.69) is 252 Å². The molecular formula is C70H59HfSi. The first-order valence-electron chi connectivity index (χ1n) is 26.3. The van der Waals surface area contributed by atoms with Crippen LogP contribution in [0.25, 0.3) is 89.3 Å². The van der Waals surface area contributed by atoms with Crippen molar-refractivity contribution in [3.63, 3.8) is 0 Å². The predicted octanol–water partition coefficient (Wildman–Crippen LogP) is 16.4. The topological polar surface area (TPSA) is 0 Å². The standard InChI is InChI=1S/2C29H25.C12H9Si.Hf/c2*1-20(2)17-21-18-23-11-8-16-28(29(23)19-21)27-14-6-5-13-26(27)25-15-7-10-22-9-3-4-12-24(22)25;1-3-7-11-9(5-1)10-6-2-4-8-12(10)13-11;/h2*3-16,18-20H,17H2,1-2H3;1-7H,13H2;. The first-order chi connectivity index (χ1) is 35.4. The zero-order chi connectivity index (χ0) is 48.5. The van der Waals surface area contributed by atoms with E-state index in [1.165, 1.54) is 88.3 Å². The molecule has 0 N–H and O–H groups in total. The first kappa shape index (κ1) is 45.2. The van der Waals surface area contributed by atoms with E-state index in [4.69, 9.17) is 0 Å². The summed E-state index contributed by atoms with van der Waals surface area (Å²) >= 11 is -3.35. The van der Waals surface area contributed by atoms with Crippen molar-refractivity contribution in [3.05, 3.63) is 246 Å². The molecule has 3 aliphatic rings. The molecule has 2 atom stereocenters. The normalized spacial score (nSPS) is 15.8. The second-order valence-electron chi connectivity index (χ2n) is 21.4. The number of fused-ring (bicyclic) bond motifs is 7. The molecule has 10 aromatic rings. The summed E-state index contributed by atoms with van der Waals surface area (Å²) in [7, 11) is -0.704. The van der Waals surface area contributed by atoms with Gasteiger partial charge in [0.05, 0.1) is 0 Å². The van der Waals surface area contributed by atoms with Gasteiger partial charge in [-0.2, -0.15) is 0 Å². The van der Waals surface area contributed by atoms with Gasteiger partial charge in [0.15, 0.2) is 0 Å². The second kappa shape index (κ2) is 18.7. The number of allylic oxidation sites excluding steroid dienone is 2. The van der Waals surface area contributed by atoms with E-state index in [1.807, 2.05) is 0 Å². The molecule has 0 aromatic heterocycles. The van der Waals surface area contributed by atoms with Crippen molar-refractivity contribution in [1.29, 1.82) is 0 Å². The molecule has 1 aliphatic heterocycles. The number of hydrogen-bond donors (Lipinski definition) is 0. The van der Waals surface area contributed by atoms with Crippen LogP contribution >= 0.6 is 0 Å². The van der Waals surface area contributed by atoms with Gasteiger partial charge in [0.25, 0.3) is 0 Å². The van der Waals surface area contributed by atoms with Crippen LogP contribution in [0.2, 0.25) is 0 Å². The van der Waals surface area contributed by atoms with E-state index >= 15 is 0 Å². The fourth-order valence-corrected chi connectivity index (χ4v) is 32.5. The Hall–Kier alpha value is -6.71. The van der Waals surface area contributed by atoms with Gasteiger partial charge in [-0.05, 0) is 0 Å². The van der Waals surface area contributed by atoms with Crippen molar-refractivity contribution in [1.82, 2.24) is 0 Å². The maximum absolute atomic E-state index is 3.35. The molecule has 1 heterocycles. The minimum absolute atomic E-state index is 0.402. The van der Waals surface area contributed by atoms with Crippen molar-refractivity contribution in [2.24, 2.45) is 11.8 Å². The summed E-state index contributed by atoms with van der Waals surface area (Å²) in [5.74, 6) is 1.07. The molecule has 0 spiro atoms. The van der Waals surface area contributed by atoms with Gasteiger partial charge in [0.1, 0.15) is 0 Å². The summed E-state index contributed by atoms with van der Waals surface area (Å²) in [5.41, 5.74) is 23.0. The van der Waals surface area contributed by atoms with Crippen LogP contribution in [0.3, 0.4) is 0 Å². The third-order valence-corrected chi connectivity index (χ3v) is 32.6. The van der Waals surface area contributed by atoms with Crippen molar-refractivity contribution in [2.75, 3.05) is 0 Å². The molecule has 0 saturated carbocycles. The number of benzene rings is 10. The van der Waals surface area contributed by atoms with E-state index in [1.54, 1.807) is 36.0 Å². The van der Waals surface area contributed by atoms with E-state index in [-0.39, 0.29) is 0 Å². The third-order valence-electron chi connectivity index (χ3n) is 16.0. The van der Waals surface area contributed by atoms with Crippen molar-refractivity contribution in [2.45, 2.75) is 47.9 Å². The predicted molar refractivity (Wildman–Crippen MR) is 309 cm³/mol. The van der Waals surface area contributed by atoms with Gasteiger partial charge >= 0.3 is 439 Å². The Morgan fingerprint density at radius 1 is 0.361 bits per heavy atom. The van der Waals surface area contributed by atoms with Crippen LogP contribution in [0.4, 0.5) is 0 Å². The first-order valence-corrected chi connectivity index (χ1v) is 33.6. The molecule has 0 amide bonds. The van der Waals surface area contributed by atoms with Gasteiger partial charge in [-0.15, -0.1) is 0 Å². The average Bonchev–Trinajstić information content (AvgIpc) is 4.09. The van der Waals surface area contributed by atoms with Crippen LogP contribution in [0.15, 0.2) is 223 Å². The molecule has 347 valence electrons. The Morgan fingerprint density at radius 3 is 1.25 bits per heavy atom. The third kappa shape index (κ3) is 7.72. The van der Waals surface area contributed by atoms with Gasteiger partial charge < -0.3 is 0 Å². The van der Waals surface area contributed by atoms with Gasteiger partial charge in [-0.25, -0.2) is 0 Å².